The molecule has 0 atom stereocenters. The van der Waals surface area contributed by atoms with Crippen LogP contribution in [0, 0.1) is 5.82 Å². The van der Waals surface area contributed by atoms with Crippen LogP contribution in [-0.4, -0.2) is 28.7 Å². The van der Waals surface area contributed by atoms with Crippen molar-refractivity contribution < 1.29 is 9.18 Å². The number of urea groups is 1. The summed E-state index contributed by atoms with van der Waals surface area (Å²) in [7, 11) is 0. The molecule has 150 valence electrons. The first-order valence-electron chi connectivity index (χ1n) is 9.80. The van der Waals surface area contributed by atoms with E-state index >= 15 is 0 Å². The quantitative estimate of drug-likeness (QED) is 0.666. The molecule has 0 radical (unpaired) electrons. The SMILES string of the molecule is O=C(NCc1cccc(Cn2ccnc2)c1)Nc1ccc(N2CCCC2)c(F)c1. The van der Waals surface area contributed by atoms with Gasteiger partial charge in [0.1, 0.15) is 5.82 Å². The van der Waals surface area contributed by atoms with Gasteiger partial charge in [-0.15, -0.1) is 0 Å². The topological polar surface area (TPSA) is 62.2 Å². The Morgan fingerprint density at radius 3 is 2.69 bits per heavy atom. The van der Waals surface area contributed by atoms with Gasteiger partial charge in [-0.25, -0.2) is 14.2 Å². The van der Waals surface area contributed by atoms with Crippen molar-refractivity contribution in [2.45, 2.75) is 25.9 Å². The summed E-state index contributed by atoms with van der Waals surface area (Å²) in [4.78, 5) is 18.3. The fourth-order valence-corrected chi connectivity index (χ4v) is 3.59. The summed E-state index contributed by atoms with van der Waals surface area (Å²) in [5, 5.41) is 5.52. The van der Waals surface area contributed by atoms with Gasteiger partial charge in [0.2, 0.25) is 0 Å². The molecule has 3 aromatic rings. The van der Waals surface area contributed by atoms with Gasteiger partial charge in [0.15, 0.2) is 0 Å². The van der Waals surface area contributed by atoms with Crippen LogP contribution in [0.3, 0.4) is 0 Å². The highest BCUT2D eigenvalue weighted by atomic mass is 19.1. The Balaban J connectivity index is 1.31. The molecular formula is C22H24FN5O. The summed E-state index contributed by atoms with van der Waals surface area (Å²) in [5.74, 6) is -0.308. The van der Waals surface area contributed by atoms with Gasteiger partial charge in [-0.05, 0) is 42.2 Å². The fraction of sp³-hybridized carbons (Fsp3) is 0.273. The highest BCUT2D eigenvalue weighted by Crippen LogP contribution is 2.26. The summed E-state index contributed by atoms with van der Waals surface area (Å²) < 4.78 is 16.4. The Morgan fingerprint density at radius 2 is 1.93 bits per heavy atom. The first-order chi connectivity index (χ1) is 14.2. The number of anilines is 2. The van der Waals surface area contributed by atoms with Crippen LogP contribution >= 0.6 is 0 Å². The molecule has 0 unspecified atom stereocenters. The van der Waals surface area contributed by atoms with Crippen molar-refractivity contribution >= 4 is 17.4 Å². The number of hydrogen-bond donors (Lipinski definition) is 2. The van der Waals surface area contributed by atoms with E-state index in [0.717, 1.165) is 43.6 Å². The minimum Gasteiger partial charge on any atom is -0.369 e. The fourth-order valence-electron chi connectivity index (χ4n) is 3.59. The van der Waals surface area contributed by atoms with Crippen LogP contribution in [0.15, 0.2) is 61.2 Å². The van der Waals surface area contributed by atoms with Crippen molar-refractivity contribution in [3.8, 4) is 0 Å². The maximum atomic E-state index is 14.4. The predicted octanol–water partition coefficient (Wildman–Crippen LogP) is 3.99. The van der Waals surface area contributed by atoms with Crippen LogP contribution in [0.25, 0.3) is 0 Å². The molecule has 1 aliphatic rings. The van der Waals surface area contributed by atoms with Crippen molar-refractivity contribution in [2.75, 3.05) is 23.3 Å². The van der Waals surface area contributed by atoms with Gasteiger partial charge in [-0.3, -0.25) is 0 Å². The smallest absolute Gasteiger partial charge is 0.319 e. The Morgan fingerprint density at radius 1 is 1.10 bits per heavy atom. The molecule has 1 fully saturated rings. The number of rotatable bonds is 6. The molecule has 1 saturated heterocycles. The molecule has 4 rings (SSSR count). The molecule has 2 heterocycles. The van der Waals surface area contributed by atoms with Crippen molar-refractivity contribution in [3.63, 3.8) is 0 Å². The number of carbonyl (C=O) groups is 1. The number of imidazole rings is 1. The van der Waals surface area contributed by atoms with E-state index in [2.05, 4.69) is 15.6 Å². The molecule has 1 aliphatic heterocycles. The van der Waals surface area contributed by atoms with Crippen molar-refractivity contribution in [1.29, 1.82) is 0 Å². The van der Waals surface area contributed by atoms with E-state index in [0.29, 0.717) is 17.9 Å². The average molecular weight is 393 g/mol. The number of benzene rings is 2. The highest BCUT2D eigenvalue weighted by molar-refractivity contribution is 5.89. The zero-order valence-electron chi connectivity index (χ0n) is 16.1. The van der Waals surface area contributed by atoms with E-state index in [1.807, 2.05) is 39.9 Å². The second-order valence-electron chi connectivity index (χ2n) is 7.22. The molecule has 7 heteroatoms. The summed E-state index contributed by atoms with van der Waals surface area (Å²) in [6.45, 7) is 2.87. The van der Waals surface area contributed by atoms with Crippen LogP contribution in [-0.2, 0) is 13.1 Å². The summed E-state index contributed by atoms with van der Waals surface area (Å²) >= 11 is 0. The number of hydrogen-bond acceptors (Lipinski definition) is 3. The average Bonchev–Trinajstić information content (AvgIpc) is 3.41. The molecule has 2 aromatic carbocycles. The summed E-state index contributed by atoms with van der Waals surface area (Å²) in [5.41, 5.74) is 3.16. The molecule has 0 saturated carbocycles. The molecule has 6 nitrogen and oxygen atoms in total. The van der Waals surface area contributed by atoms with Crippen molar-refractivity contribution in [1.82, 2.24) is 14.9 Å². The van der Waals surface area contributed by atoms with E-state index in [-0.39, 0.29) is 11.8 Å². The lowest BCUT2D eigenvalue weighted by Crippen LogP contribution is -2.28. The standard InChI is InChI=1S/C22H24FN5O/c23-20-13-19(6-7-21(20)28-9-1-2-10-28)26-22(29)25-14-17-4-3-5-18(12-17)15-27-11-8-24-16-27/h3-8,11-13,16H,1-2,9-10,14-15H2,(H2,25,26,29). The van der Waals surface area contributed by atoms with Crippen LogP contribution in [0.1, 0.15) is 24.0 Å². The van der Waals surface area contributed by atoms with Crippen LogP contribution in [0.4, 0.5) is 20.6 Å². The second kappa shape index (κ2) is 8.77. The molecule has 0 spiro atoms. The van der Waals surface area contributed by atoms with E-state index in [4.69, 9.17) is 0 Å². The van der Waals surface area contributed by atoms with Crippen LogP contribution < -0.4 is 15.5 Å². The Bertz CT molecular complexity index is 967. The monoisotopic (exact) mass is 393 g/mol. The third-order valence-electron chi connectivity index (χ3n) is 5.02. The lowest BCUT2D eigenvalue weighted by atomic mass is 10.1. The number of carbonyl (C=O) groups excluding carboxylic acids is 1. The Kier molecular flexibility index (Phi) is 5.74. The molecule has 2 amide bonds. The first-order valence-corrected chi connectivity index (χ1v) is 9.80. The van der Waals surface area contributed by atoms with Gasteiger partial charge in [0.25, 0.3) is 0 Å². The molecule has 2 N–H and O–H groups in total. The third-order valence-corrected chi connectivity index (χ3v) is 5.02. The lowest BCUT2D eigenvalue weighted by molar-refractivity contribution is 0.251. The Labute approximate surface area is 169 Å². The van der Waals surface area contributed by atoms with Crippen molar-refractivity contribution in [3.05, 3.63) is 78.1 Å². The number of nitrogens with zero attached hydrogens (tertiary/aromatic N) is 3. The molecule has 1 aromatic heterocycles. The number of halogens is 1. The minimum absolute atomic E-state index is 0.308. The van der Waals surface area contributed by atoms with Gasteiger partial charge >= 0.3 is 6.03 Å². The zero-order chi connectivity index (χ0) is 20.1. The maximum Gasteiger partial charge on any atom is 0.319 e. The van der Waals surface area contributed by atoms with Crippen LogP contribution in [0.5, 0.6) is 0 Å². The first kappa shape index (κ1) is 19.0. The Hall–Kier alpha value is -3.35. The second-order valence-corrected chi connectivity index (χ2v) is 7.22. The van der Waals surface area contributed by atoms with E-state index in [1.165, 1.54) is 6.07 Å². The molecular weight excluding hydrogens is 369 g/mol. The van der Waals surface area contributed by atoms with Gasteiger partial charge in [-0.1, -0.05) is 24.3 Å². The van der Waals surface area contributed by atoms with Gasteiger partial charge < -0.3 is 20.1 Å². The normalized spacial score (nSPS) is 13.5. The zero-order valence-corrected chi connectivity index (χ0v) is 16.1. The molecule has 0 bridgehead atoms. The molecule has 0 aliphatic carbocycles. The van der Waals surface area contributed by atoms with E-state index < -0.39 is 0 Å². The predicted molar refractivity (Wildman–Crippen MR) is 111 cm³/mol. The highest BCUT2D eigenvalue weighted by Gasteiger charge is 2.16. The largest absolute Gasteiger partial charge is 0.369 e. The van der Waals surface area contributed by atoms with Crippen LogP contribution in [0.2, 0.25) is 0 Å². The number of aromatic nitrogens is 2. The minimum atomic E-state index is -0.363. The number of nitrogens with one attached hydrogen (secondary N) is 2. The lowest BCUT2D eigenvalue weighted by Gasteiger charge is -2.19. The summed E-state index contributed by atoms with van der Waals surface area (Å²) in [6, 6.07) is 12.5. The van der Waals surface area contributed by atoms with Gasteiger partial charge in [0.05, 0.1) is 12.0 Å². The maximum absolute atomic E-state index is 14.4. The van der Waals surface area contributed by atoms with E-state index in [9.17, 15) is 9.18 Å². The van der Waals surface area contributed by atoms with Crippen molar-refractivity contribution in [2.24, 2.45) is 0 Å². The van der Waals surface area contributed by atoms with Gasteiger partial charge in [-0.2, -0.15) is 0 Å². The summed E-state index contributed by atoms with van der Waals surface area (Å²) in [6.07, 6.45) is 7.60. The number of amides is 2. The third kappa shape index (κ3) is 4.93. The molecule has 29 heavy (non-hydrogen) atoms. The van der Waals surface area contributed by atoms with E-state index in [1.54, 1.807) is 24.7 Å². The van der Waals surface area contributed by atoms with Gasteiger partial charge in [0, 0.05) is 44.3 Å².